The van der Waals surface area contributed by atoms with Crippen molar-refractivity contribution < 1.29 is 17.6 Å². The number of hydrogen-bond donors (Lipinski definition) is 2. The Bertz CT molecular complexity index is 625. The van der Waals surface area contributed by atoms with Gasteiger partial charge in [-0.05, 0) is 30.5 Å². The molecule has 0 aromatic heterocycles. The summed E-state index contributed by atoms with van der Waals surface area (Å²) in [6.45, 7) is 0.505. The maximum Gasteiger partial charge on any atom is 0.251 e. The van der Waals surface area contributed by atoms with Gasteiger partial charge >= 0.3 is 0 Å². The minimum Gasteiger partial charge on any atom is -0.352 e. The average molecular weight is 314 g/mol. The van der Waals surface area contributed by atoms with Gasteiger partial charge in [0, 0.05) is 12.1 Å². The molecule has 7 heteroatoms. The van der Waals surface area contributed by atoms with Gasteiger partial charge in [-0.3, -0.25) is 4.79 Å². The van der Waals surface area contributed by atoms with Crippen LogP contribution in [0.3, 0.4) is 0 Å². The van der Waals surface area contributed by atoms with Crippen molar-refractivity contribution in [3.63, 3.8) is 0 Å². The van der Waals surface area contributed by atoms with Gasteiger partial charge in [0.05, 0.1) is 4.90 Å². The van der Waals surface area contributed by atoms with Gasteiger partial charge < -0.3 is 5.32 Å². The predicted octanol–water partition coefficient (Wildman–Crippen LogP) is 1.78. The number of nitrogens with one attached hydrogen (secondary N) is 1. The molecule has 1 saturated carbocycles. The summed E-state index contributed by atoms with van der Waals surface area (Å²) in [5.41, 5.74) is -0.0366. The molecule has 1 fully saturated rings. The first kappa shape index (κ1) is 15.9. The van der Waals surface area contributed by atoms with Crippen molar-refractivity contribution in [2.24, 2.45) is 11.1 Å². The van der Waals surface area contributed by atoms with Crippen LogP contribution >= 0.6 is 0 Å². The van der Waals surface area contributed by atoms with E-state index < -0.39 is 26.6 Å². The molecule has 0 heterocycles. The van der Waals surface area contributed by atoms with Gasteiger partial charge in [-0.25, -0.2) is 17.9 Å². The molecule has 1 aromatic carbocycles. The van der Waals surface area contributed by atoms with E-state index in [-0.39, 0.29) is 5.56 Å². The Morgan fingerprint density at radius 2 is 1.95 bits per heavy atom. The molecule has 21 heavy (non-hydrogen) atoms. The molecular weight excluding hydrogens is 295 g/mol. The molecule has 0 saturated heterocycles. The van der Waals surface area contributed by atoms with Crippen LogP contribution in [0.15, 0.2) is 23.1 Å². The predicted molar refractivity (Wildman–Crippen MR) is 76.7 cm³/mol. The van der Waals surface area contributed by atoms with E-state index in [1.54, 1.807) is 0 Å². The fourth-order valence-electron chi connectivity index (χ4n) is 2.65. The standard InChI is InChI=1S/C14H19FN2O3S/c15-12-7-11(8-13(9-12)21(16,19)20)14(18)17-6-5-10-3-1-2-4-10/h7-10H,1-6H2,(H,17,18)(H2,16,19,20). The monoisotopic (exact) mass is 314 g/mol. The van der Waals surface area contributed by atoms with Crippen molar-refractivity contribution in [1.82, 2.24) is 5.32 Å². The lowest BCUT2D eigenvalue weighted by atomic mass is 10.0. The van der Waals surface area contributed by atoms with Crippen molar-refractivity contribution in [2.45, 2.75) is 37.0 Å². The van der Waals surface area contributed by atoms with Gasteiger partial charge in [0.1, 0.15) is 5.82 Å². The molecule has 1 amide bonds. The van der Waals surface area contributed by atoms with Crippen LogP contribution in [0.1, 0.15) is 42.5 Å². The molecule has 0 atom stereocenters. The lowest BCUT2D eigenvalue weighted by Gasteiger charge is -2.10. The highest BCUT2D eigenvalue weighted by Crippen LogP contribution is 2.26. The number of benzene rings is 1. The van der Waals surface area contributed by atoms with Crippen molar-refractivity contribution >= 4 is 15.9 Å². The molecule has 1 aliphatic carbocycles. The van der Waals surface area contributed by atoms with Gasteiger partial charge in [0.15, 0.2) is 0 Å². The van der Waals surface area contributed by atoms with E-state index >= 15 is 0 Å². The number of rotatable bonds is 5. The number of nitrogens with two attached hydrogens (primary N) is 1. The first-order valence-electron chi connectivity index (χ1n) is 6.98. The van der Waals surface area contributed by atoms with Crippen LogP contribution in [-0.2, 0) is 10.0 Å². The number of halogens is 1. The first-order chi connectivity index (χ1) is 9.86. The van der Waals surface area contributed by atoms with Crippen molar-refractivity contribution in [3.05, 3.63) is 29.6 Å². The van der Waals surface area contributed by atoms with Crippen LogP contribution in [0, 0.1) is 11.7 Å². The molecule has 2 rings (SSSR count). The molecule has 3 N–H and O–H groups in total. The summed E-state index contributed by atoms with van der Waals surface area (Å²) in [6.07, 6.45) is 5.74. The second-order valence-electron chi connectivity index (χ2n) is 5.42. The Hall–Kier alpha value is -1.47. The maximum atomic E-state index is 13.4. The fraction of sp³-hybridized carbons (Fsp3) is 0.500. The number of carbonyl (C=O) groups excluding carboxylic acids is 1. The number of primary sulfonamides is 1. The molecule has 1 aromatic rings. The van der Waals surface area contributed by atoms with Crippen LogP contribution in [0.5, 0.6) is 0 Å². The van der Waals surface area contributed by atoms with E-state index in [0.717, 1.165) is 24.6 Å². The number of amides is 1. The second kappa shape index (κ2) is 6.53. The van der Waals surface area contributed by atoms with E-state index in [9.17, 15) is 17.6 Å². The number of sulfonamides is 1. The normalized spacial score (nSPS) is 16.1. The highest BCUT2D eigenvalue weighted by atomic mass is 32.2. The number of carbonyl (C=O) groups is 1. The summed E-state index contributed by atoms with van der Waals surface area (Å²) in [7, 11) is -4.03. The third kappa shape index (κ3) is 4.50. The van der Waals surface area contributed by atoms with Crippen molar-refractivity contribution in [3.8, 4) is 0 Å². The largest absolute Gasteiger partial charge is 0.352 e. The van der Waals surface area contributed by atoms with Gasteiger partial charge in [-0.2, -0.15) is 0 Å². The lowest BCUT2D eigenvalue weighted by Crippen LogP contribution is -2.26. The highest BCUT2D eigenvalue weighted by Gasteiger charge is 2.17. The Morgan fingerprint density at radius 3 is 2.57 bits per heavy atom. The molecule has 0 unspecified atom stereocenters. The topological polar surface area (TPSA) is 89.3 Å². The molecule has 0 radical (unpaired) electrons. The Kier molecular flexibility index (Phi) is 4.95. The summed E-state index contributed by atoms with van der Waals surface area (Å²) >= 11 is 0. The zero-order chi connectivity index (χ0) is 15.5. The average Bonchev–Trinajstić information content (AvgIpc) is 2.90. The minimum atomic E-state index is -4.03. The summed E-state index contributed by atoms with van der Waals surface area (Å²) in [5, 5.41) is 7.64. The van der Waals surface area contributed by atoms with E-state index in [1.165, 1.54) is 25.7 Å². The SMILES string of the molecule is NS(=O)(=O)c1cc(F)cc(C(=O)NCCC2CCCC2)c1. The third-order valence-corrected chi connectivity index (χ3v) is 4.67. The van der Waals surface area contributed by atoms with E-state index in [1.807, 2.05) is 0 Å². The molecule has 1 aliphatic rings. The third-order valence-electron chi connectivity index (χ3n) is 3.77. The first-order valence-corrected chi connectivity index (χ1v) is 8.52. The van der Waals surface area contributed by atoms with Gasteiger partial charge in [-0.1, -0.05) is 25.7 Å². The smallest absolute Gasteiger partial charge is 0.251 e. The van der Waals surface area contributed by atoms with Crippen molar-refractivity contribution in [1.29, 1.82) is 0 Å². The van der Waals surface area contributed by atoms with E-state index in [2.05, 4.69) is 5.32 Å². The van der Waals surface area contributed by atoms with Crippen molar-refractivity contribution in [2.75, 3.05) is 6.54 Å². The summed E-state index contributed by atoms with van der Waals surface area (Å²) in [4.78, 5) is 11.5. The number of hydrogen-bond acceptors (Lipinski definition) is 3. The molecular formula is C14H19FN2O3S. The second-order valence-corrected chi connectivity index (χ2v) is 6.98. The van der Waals surface area contributed by atoms with Gasteiger partial charge in [0.25, 0.3) is 5.91 Å². The Morgan fingerprint density at radius 1 is 1.29 bits per heavy atom. The lowest BCUT2D eigenvalue weighted by molar-refractivity contribution is 0.0950. The highest BCUT2D eigenvalue weighted by molar-refractivity contribution is 7.89. The maximum absolute atomic E-state index is 13.4. The fourth-order valence-corrected chi connectivity index (χ4v) is 3.22. The van der Waals surface area contributed by atoms with Crippen LogP contribution in [0.25, 0.3) is 0 Å². The van der Waals surface area contributed by atoms with Crippen LogP contribution < -0.4 is 10.5 Å². The zero-order valence-electron chi connectivity index (χ0n) is 11.6. The van der Waals surface area contributed by atoms with E-state index in [0.29, 0.717) is 12.5 Å². The summed E-state index contributed by atoms with van der Waals surface area (Å²) in [5.74, 6) is -0.655. The van der Waals surface area contributed by atoms with Crippen LogP contribution in [-0.4, -0.2) is 20.9 Å². The van der Waals surface area contributed by atoms with E-state index in [4.69, 9.17) is 5.14 Å². The molecule has 5 nitrogen and oxygen atoms in total. The van der Waals surface area contributed by atoms with Crippen LogP contribution in [0.4, 0.5) is 4.39 Å². The molecule has 116 valence electrons. The summed E-state index contributed by atoms with van der Waals surface area (Å²) < 4.78 is 35.8. The van der Waals surface area contributed by atoms with Gasteiger partial charge in [-0.15, -0.1) is 0 Å². The quantitative estimate of drug-likeness (QED) is 0.868. The zero-order valence-corrected chi connectivity index (χ0v) is 12.5. The summed E-state index contributed by atoms with van der Waals surface area (Å²) in [6, 6.07) is 2.88. The molecule has 0 bridgehead atoms. The molecule has 0 aliphatic heterocycles. The van der Waals surface area contributed by atoms with Crippen LogP contribution in [0.2, 0.25) is 0 Å². The van der Waals surface area contributed by atoms with Gasteiger partial charge in [0.2, 0.25) is 10.0 Å². The molecule has 0 spiro atoms. The Balaban J connectivity index is 2.00. The minimum absolute atomic E-state index is 0.0366. The Labute approximate surface area is 123 Å².